The molecule has 4 saturated carbocycles. The van der Waals surface area contributed by atoms with Crippen molar-refractivity contribution in [3.8, 4) is 0 Å². The molecule has 0 radical (unpaired) electrons. The van der Waals surface area contributed by atoms with Crippen molar-refractivity contribution in [2.24, 2.45) is 17.8 Å². The van der Waals surface area contributed by atoms with Crippen LogP contribution >= 0.6 is 0 Å². The first-order valence-electron chi connectivity index (χ1n) is 16.2. The summed E-state index contributed by atoms with van der Waals surface area (Å²) in [6, 6.07) is 14.7. The number of nitrogens with zero attached hydrogens (tertiary/aromatic N) is 1. The zero-order valence-corrected chi connectivity index (χ0v) is 26.3. The predicted molar refractivity (Wildman–Crippen MR) is 169 cm³/mol. The van der Waals surface area contributed by atoms with E-state index in [0.717, 1.165) is 29.7 Å². The van der Waals surface area contributed by atoms with E-state index < -0.39 is 6.10 Å². The fourth-order valence-corrected chi connectivity index (χ4v) is 8.60. The van der Waals surface area contributed by atoms with Crippen molar-refractivity contribution in [1.29, 1.82) is 0 Å². The molecule has 1 unspecified atom stereocenters. The molecule has 0 aromatic heterocycles. The lowest BCUT2D eigenvalue weighted by Crippen LogP contribution is -2.49. The van der Waals surface area contributed by atoms with E-state index >= 15 is 0 Å². The number of allylic oxidation sites excluding steroid dienone is 1. The Morgan fingerprint density at radius 2 is 1.52 bits per heavy atom. The number of aryl methyl sites for hydroxylation is 1. The van der Waals surface area contributed by atoms with Gasteiger partial charge in [-0.05, 0) is 142 Å². The highest BCUT2D eigenvalue weighted by Gasteiger charge is 2.52. The average molecular weight is 572 g/mol. The van der Waals surface area contributed by atoms with Crippen LogP contribution < -0.4 is 0 Å². The highest BCUT2D eigenvalue weighted by Crippen LogP contribution is 2.61. The van der Waals surface area contributed by atoms with Crippen LogP contribution in [-0.2, 0) is 26.1 Å². The van der Waals surface area contributed by atoms with Crippen LogP contribution in [0.4, 0.5) is 0 Å². The third-order valence-corrected chi connectivity index (χ3v) is 10.3. The number of methoxy groups -OCH3 is 1. The van der Waals surface area contributed by atoms with E-state index in [1.807, 2.05) is 49.9 Å². The summed E-state index contributed by atoms with van der Waals surface area (Å²) < 4.78 is 10.9. The molecule has 0 aliphatic heterocycles. The number of ether oxygens (including phenoxy) is 2. The fourth-order valence-electron chi connectivity index (χ4n) is 8.60. The normalized spacial score (nSPS) is 25.4. The van der Waals surface area contributed by atoms with Gasteiger partial charge in [-0.1, -0.05) is 36.4 Å². The summed E-state index contributed by atoms with van der Waals surface area (Å²) in [5, 5.41) is 0. The maximum Gasteiger partial charge on any atom is 0.338 e. The third kappa shape index (κ3) is 6.37. The molecule has 4 fully saturated rings. The topological polar surface area (TPSA) is 55.8 Å². The summed E-state index contributed by atoms with van der Waals surface area (Å²) in [5.74, 6) is 2.40. The first-order valence-corrected chi connectivity index (χ1v) is 16.2. The molecule has 0 N–H and O–H groups in total. The number of carbonyl (C=O) groups is 2. The first kappa shape index (κ1) is 30.5. The van der Waals surface area contributed by atoms with Crippen molar-refractivity contribution in [3.63, 3.8) is 0 Å². The molecule has 2 aromatic carbocycles. The molecule has 6 rings (SSSR count). The molecule has 0 heterocycles. The highest BCUT2D eigenvalue weighted by atomic mass is 16.5. The zero-order chi connectivity index (χ0) is 29.9. The number of hydrogen-bond acceptors (Lipinski definition) is 4. The van der Waals surface area contributed by atoms with Crippen molar-refractivity contribution >= 4 is 23.5 Å². The molecular formula is C37H49NO4. The van der Waals surface area contributed by atoms with Gasteiger partial charge >= 0.3 is 5.97 Å². The Bertz CT molecular complexity index is 1250. The van der Waals surface area contributed by atoms with Gasteiger partial charge in [0, 0.05) is 20.2 Å². The number of carbonyl (C=O) groups excluding carboxylic acids is 2. The van der Waals surface area contributed by atoms with Gasteiger partial charge in [0.05, 0.1) is 12.2 Å². The molecule has 1 amide bonds. The van der Waals surface area contributed by atoms with Crippen LogP contribution in [0, 0.1) is 17.8 Å². The number of likely N-dealkylation sites (N-methyl/N-ethyl adjacent to an activating group) is 1. The van der Waals surface area contributed by atoms with E-state index in [1.54, 1.807) is 7.11 Å². The summed E-state index contributed by atoms with van der Waals surface area (Å²) >= 11 is 0. The molecule has 5 nitrogen and oxygen atoms in total. The van der Waals surface area contributed by atoms with Crippen LogP contribution in [0.15, 0.2) is 42.5 Å². The van der Waals surface area contributed by atoms with Crippen molar-refractivity contribution < 1.29 is 19.1 Å². The molecule has 2 aromatic rings. The molecule has 226 valence electrons. The lowest BCUT2D eigenvalue weighted by molar-refractivity contribution is -0.141. The van der Waals surface area contributed by atoms with Crippen molar-refractivity contribution in [2.45, 2.75) is 90.6 Å². The van der Waals surface area contributed by atoms with Crippen LogP contribution in [0.3, 0.4) is 0 Å². The smallest absolute Gasteiger partial charge is 0.338 e. The number of hydrogen-bond donors (Lipinski definition) is 0. The number of rotatable bonds is 12. The zero-order valence-electron chi connectivity index (χ0n) is 26.3. The van der Waals surface area contributed by atoms with Crippen LogP contribution in [0.5, 0.6) is 0 Å². The maximum absolute atomic E-state index is 13.1. The Hall–Kier alpha value is -2.92. The summed E-state index contributed by atoms with van der Waals surface area (Å²) in [6.45, 7) is 9.86. The maximum atomic E-state index is 13.1. The fraction of sp³-hybridized carbons (Fsp3) is 0.568. The van der Waals surface area contributed by atoms with E-state index in [0.29, 0.717) is 31.7 Å². The Kier molecular flexibility index (Phi) is 9.57. The van der Waals surface area contributed by atoms with Gasteiger partial charge in [-0.2, -0.15) is 0 Å². The second-order valence-electron chi connectivity index (χ2n) is 13.0. The Balaban J connectivity index is 1.44. The summed E-state index contributed by atoms with van der Waals surface area (Å²) in [5.41, 5.74) is 7.28. The third-order valence-electron chi connectivity index (χ3n) is 10.3. The lowest BCUT2D eigenvalue weighted by atomic mass is 9.47. The van der Waals surface area contributed by atoms with Crippen LogP contribution in [0.2, 0.25) is 0 Å². The van der Waals surface area contributed by atoms with Gasteiger partial charge in [-0.3, -0.25) is 4.79 Å². The Labute approximate surface area is 252 Å². The van der Waals surface area contributed by atoms with E-state index in [1.165, 1.54) is 60.8 Å². The summed E-state index contributed by atoms with van der Waals surface area (Å²) in [6.07, 6.45) is 11.5. The van der Waals surface area contributed by atoms with Crippen LogP contribution in [0.25, 0.3) is 11.6 Å². The average Bonchev–Trinajstić information content (AvgIpc) is 2.98. The van der Waals surface area contributed by atoms with Crippen molar-refractivity contribution in [3.05, 3.63) is 70.3 Å². The van der Waals surface area contributed by atoms with Gasteiger partial charge in [0.2, 0.25) is 0 Å². The molecule has 4 aliphatic rings. The van der Waals surface area contributed by atoms with Gasteiger partial charge in [-0.25, -0.2) is 4.79 Å². The van der Waals surface area contributed by atoms with Crippen molar-refractivity contribution in [2.75, 3.05) is 26.8 Å². The summed E-state index contributed by atoms with van der Waals surface area (Å²) in [7, 11) is 1.67. The van der Waals surface area contributed by atoms with Crippen molar-refractivity contribution in [1.82, 2.24) is 4.90 Å². The Morgan fingerprint density at radius 1 is 0.929 bits per heavy atom. The number of benzene rings is 2. The van der Waals surface area contributed by atoms with Gasteiger partial charge < -0.3 is 14.4 Å². The molecule has 1 atom stereocenters. The SMILES string of the molecule is CCOC(=O)c1ccc(C=C(C)c2ccc(CCC(OC)C(=O)N(CC)CC)c(C34CC5CC(CC(C5)C3)C4)c2)cc1. The minimum absolute atomic E-state index is 0.100. The first-order chi connectivity index (χ1) is 20.3. The number of esters is 1. The molecule has 42 heavy (non-hydrogen) atoms. The van der Waals surface area contributed by atoms with E-state index in [9.17, 15) is 9.59 Å². The monoisotopic (exact) mass is 571 g/mol. The minimum atomic E-state index is -0.409. The lowest BCUT2D eigenvalue weighted by Gasteiger charge is -2.57. The predicted octanol–water partition coefficient (Wildman–Crippen LogP) is 7.71. The van der Waals surface area contributed by atoms with Gasteiger partial charge in [0.25, 0.3) is 5.91 Å². The van der Waals surface area contributed by atoms with Gasteiger partial charge in [-0.15, -0.1) is 0 Å². The Morgan fingerprint density at radius 3 is 2.07 bits per heavy atom. The second-order valence-corrected chi connectivity index (χ2v) is 13.0. The molecular weight excluding hydrogens is 522 g/mol. The van der Waals surface area contributed by atoms with E-state index in [-0.39, 0.29) is 17.3 Å². The largest absolute Gasteiger partial charge is 0.462 e. The van der Waals surface area contributed by atoms with Gasteiger partial charge in [0.15, 0.2) is 0 Å². The van der Waals surface area contributed by atoms with Gasteiger partial charge in [0.1, 0.15) is 6.10 Å². The molecule has 4 bridgehead atoms. The highest BCUT2D eigenvalue weighted by molar-refractivity contribution is 5.90. The second kappa shape index (κ2) is 13.2. The van der Waals surface area contributed by atoms with Crippen LogP contribution in [0.1, 0.15) is 105 Å². The molecule has 4 aliphatic carbocycles. The standard InChI is InChI=1S/C37H49NO4/c1-6-38(7-2)35(39)34(41-5)16-15-30-13-14-32(25(4)17-26-9-11-31(12-10-26)36(40)42-8-3)21-33(30)37-22-27-18-28(23-37)20-29(19-27)24-37/h9-14,17,21,27-29,34H,6-8,15-16,18-20,22-24H2,1-5H3. The summed E-state index contributed by atoms with van der Waals surface area (Å²) in [4.78, 5) is 27.1. The van der Waals surface area contributed by atoms with E-state index in [4.69, 9.17) is 9.47 Å². The van der Waals surface area contributed by atoms with Crippen LogP contribution in [-0.4, -0.2) is 49.7 Å². The van der Waals surface area contributed by atoms with E-state index in [2.05, 4.69) is 31.2 Å². The molecule has 5 heteroatoms. The molecule has 0 spiro atoms. The minimum Gasteiger partial charge on any atom is -0.462 e. The quantitative estimate of drug-likeness (QED) is 0.193. The number of amides is 1. The molecule has 0 saturated heterocycles.